The Morgan fingerprint density at radius 1 is 1.05 bits per heavy atom. The number of anilines is 1. The maximum Gasteiger partial charge on any atom is 0.308 e. The van der Waals surface area contributed by atoms with Gasteiger partial charge in [0.25, 0.3) is 5.91 Å². The molecule has 2 fully saturated rings. The van der Waals surface area contributed by atoms with Gasteiger partial charge in [-0.15, -0.1) is 0 Å². The molecule has 2 aliphatic rings. The predicted octanol–water partition coefficient (Wildman–Crippen LogP) is 4.36. The number of aromatic nitrogens is 6. The third-order valence-electron chi connectivity index (χ3n) is 6.96. The molecule has 12 heteroatoms. The first-order chi connectivity index (χ1) is 17.9. The van der Waals surface area contributed by atoms with Gasteiger partial charge in [-0.1, -0.05) is 25.8 Å². The highest BCUT2D eigenvalue weighted by Gasteiger charge is 2.26. The van der Waals surface area contributed by atoms with Gasteiger partial charge in [0.15, 0.2) is 11.5 Å². The van der Waals surface area contributed by atoms with Crippen molar-refractivity contribution in [2.75, 3.05) is 5.32 Å². The number of carbonyl (C=O) groups is 1. The molecule has 192 valence electrons. The largest absolute Gasteiger partial charge is 0.308 e. The summed E-state index contributed by atoms with van der Waals surface area (Å²) in [4.78, 5) is 22.2. The molecule has 2 aliphatic carbocycles. The number of fused-ring (bicyclic) bond motifs is 1. The minimum atomic E-state index is -2.61. The molecule has 0 aliphatic heterocycles. The molecule has 0 aromatic carbocycles. The van der Waals surface area contributed by atoms with Crippen LogP contribution in [0, 0.1) is 10.7 Å². The summed E-state index contributed by atoms with van der Waals surface area (Å²) in [7, 11) is -2.61. The third-order valence-corrected chi connectivity index (χ3v) is 6.96. The van der Waals surface area contributed by atoms with Crippen LogP contribution in [-0.4, -0.2) is 43.7 Å². The molecule has 0 saturated heterocycles. The SMILES string of the molecule is CC1CCC(c2cc(NC(=O)c3cnn4cccnc34)n(-c3ccc(C4CC4)cn3)n2)CC1.N=S(=O)=O. The normalized spacial score (nSPS) is 19.2. The molecule has 0 spiro atoms. The van der Waals surface area contributed by atoms with E-state index in [0.717, 1.165) is 24.5 Å². The zero-order valence-corrected chi connectivity index (χ0v) is 21.2. The quantitative estimate of drug-likeness (QED) is 0.397. The van der Waals surface area contributed by atoms with Gasteiger partial charge >= 0.3 is 10.5 Å². The Balaban J connectivity index is 0.000000655. The standard InChI is InChI=1S/C25H27N7O.HNO2S/c1-16-3-5-18(6-4-16)21-13-23(29-25(33)20-15-28-31-12-2-11-26-24(20)31)32(30-21)22-10-9-19(14-27-22)17-7-8-17;1-4(2)3/h2,9-18H,3-8H2,1H3,(H,29,33);1H. The second-order valence-electron chi connectivity index (χ2n) is 9.68. The second-order valence-corrected chi connectivity index (χ2v) is 10.2. The smallest absolute Gasteiger partial charge is 0.306 e. The molecule has 1 amide bonds. The average molecular weight is 521 g/mol. The molecule has 0 atom stereocenters. The van der Waals surface area contributed by atoms with Crippen LogP contribution in [0.2, 0.25) is 0 Å². The van der Waals surface area contributed by atoms with Crippen molar-refractivity contribution in [3.05, 3.63) is 65.9 Å². The van der Waals surface area contributed by atoms with E-state index in [-0.39, 0.29) is 5.91 Å². The van der Waals surface area contributed by atoms with Crippen molar-refractivity contribution in [3.63, 3.8) is 0 Å². The van der Waals surface area contributed by atoms with Crippen LogP contribution in [0.25, 0.3) is 11.5 Å². The molecule has 6 rings (SSSR count). The van der Waals surface area contributed by atoms with Crippen molar-refractivity contribution in [2.45, 2.75) is 57.3 Å². The minimum Gasteiger partial charge on any atom is -0.306 e. The highest BCUT2D eigenvalue weighted by molar-refractivity contribution is 7.60. The summed E-state index contributed by atoms with van der Waals surface area (Å²) in [5, 5.41) is 12.2. The Kier molecular flexibility index (Phi) is 7.08. The molecule has 0 unspecified atom stereocenters. The summed E-state index contributed by atoms with van der Waals surface area (Å²) < 4.78 is 26.2. The topological polar surface area (TPSA) is 148 Å². The summed E-state index contributed by atoms with van der Waals surface area (Å²) in [6, 6.07) is 7.92. The van der Waals surface area contributed by atoms with Crippen LogP contribution in [0.3, 0.4) is 0 Å². The lowest BCUT2D eigenvalue weighted by Crippen LogP contribution is -2.15. The van der Waals surface area contributed by atoms with E-state index in [0.29, 0.717) is 34.7 Å². The first-order valence-corrected chi connectivity index (χ1v) is 13.4. The zero-order chi connectivity index (χ0) is 25.9. The van der Waals surface area contributed by atoms with Crippen LogP contribution in [-0.2, 0) is 10.5 Å². The third kappa shape index (κ3) is 5.74. The molecule has 0 radical (unpaired) electrons. The Hall–Kier alpha value is -3.93. The van der Waals surface area contributed by atoms with Gasteiger partial charge in [-0.05, 0) is 55.2 Å². The fraction of sp³-hybridized carbons (Fsp3) is 0.400. The summed E-state index contributed by atoms with van der Waals surface area (Å²) in [5.74, 6) is 2.89. The van der Waals surface area contributed by atoms with Crippen molar-refractivity contribution in [1.29, 1.82) is 4.78 Å². The van der Waals surface area contributed by atoms with Crippen molar-refractivity contribution in [1.82, 2.24) is 29.4 Å². The molecule has 2 N–H and O–H groups in total. The van der Waals surface area contributed by atoms with E-state index in [9.17, 15) is 4.79 Å². The molecular weight excluding hydrogens is 492 g/mol. The molecule has 37 heavy (non-hydrogen) atoms. The van der Waals surface area contributed by atoms with Crippen molar-refractivity contribution in [3.8, 4) is 5.82 Å². The second kappa shape index (κ2) is 10.6. The molecule has 4 aromatic rings. The highest BCUT2D eigenvalue weighted by atomic mass is 32.2. The zero-order valence-electron chi connectivity index (χ0n) is 20.4. The van der Waals surface area contributed by atoms with Gasteiger partial charge in [0.1, 0.15) is 11.4 Å². The van der Waals surface area contributed by atoms with Gasteiger partial charge < -0.3 is 5.32 Å². The van der Waals surface area contributed by atoms with Crippen molar-refractivity contribution >= 4 is 27.9 Å². The fourth-order valence-corrected chi connectivity index (χ4v) is 4.77. The fourth-order valence-electron chi connectivity index (χ4n) is 4.77. The van der Waals surface area contributed by atoms with E-state index in [4.69, 9.17) is 18.3 Å². The number of rotatable bonds is 5. The van der Waals surface area contributed by atoms with Gasteiger partial charge in [0, 0.05) is 30.6 Å². The molecule has 11 nitrogen and oxygen atoms in total. The number of nitrogens with one attached hydrogen (secondary N) is 2. The van der Waals surface area contributed by atoms with E-state index in [1.54, 1.807) is 33.9 Å². The van der Waals surface area contributed by atoms with E-state index in [2.05, 4.69) is 33.4 Å². The number of hydrogen-bond donors (Lipinski definition) is 2. The predicted molar refractivity (Wildman–Crippen MR) is 136 cm³/mol. The first-order valence-electron chi connectivity index (χ1n) is 12.4. The van der Waals surface area contributed by atoms with Gasteiger partial charge in [-0.2, -0.15) is 28.1 Å². The Morgan fingerprint density at radius 2 is 1.78 bits per heavy atom. The molecule has 0 bridgehead atoms. The Morgan fingerprint density at radius 3 is 2.46 bits per heavy atom. The molecular formula is C25H28N8O3S. The van der Waals surface area contributed by atoms with Crippen LogP contribution in [0.4, 0.5) is 5.82 Å². The van der Waals surface area contributed by atoms with Gasteiger partial charge in [-0.3, -0.25) is 4.79 Å². The van der Waals surface area contributed by atoms with E-state index in [1.807, 2.05) is 18.3 Å². The lowest BCUT2D eigenvalue weighted by atomic mass is 9.81. The van der Waals surface area contributed by atoms with E-state index in [1.165, 1.54) is 31.2 Å². The van der Waals surface area contributed by atoms with Gasteiger partial charge in [0.2, 0.25) is 0 Å². The number of hydrogen-bond acceptors (Lipinski definition) is 8. The highest BCUT2D eigenvalue weighted by Crippen LogP contribution is 2.40. The monoisotopic (exact) mass is 520 g/mol. The summed E-state index contributed by atoms with van der Waals surface area (Å²) >= 11 is 0. The van der Waals surface area contributed by atoms with E-state index < -0.39 is 10.5 Å². The molecule has 2 saturated carbocycles. The number of nitrogens with zero attached hydrogens (tertiary/aromatic N) is 6. The number of carbonyl (C=O) groups excluding carboxylic acids is 1. The van der Waals surface area contributed by atoms with Crippen LogP contribution in [0.5, 0.6) is 0 Å². The van der Waals surface area contributed by atoms with Crippen LogP contribution in [0.15, 0.2) is 49.1 Å². The Labute approximate surface area is 215 Å². The van der Waals surface area contributed by atoms with Gasteiger partial charge in [-0.25, -0.2) is 14.5 Å². The lowest BCUT2D eigenvalue weighted by Gasteiger charge is -2.24. The summed E-state index contributed by atoms with van der Waals surface area (Å²) in [5.41, 5.74) is 3.24. The number of amides is 1. The van der Waals surface area contributed by atoms with Crippen molar-refractivity contribution < 1.29 is 13.2 Å². The summed E-state index contributed by atoms with van der Waals surface area (Å²) in [6.07, 6.45) is 14.1. The minimum absolute atomic E-state index is 0.261. The summed E-state index contributed by atoms with van der Waals surface area (Å²) in [6.45, 7) is 2.32. The Bertz CT molecular complexity index is 1510. The van der Waals surface area contributed by atoms with E-state index >= 15 is 0 Å². The van der Waals surface area contributed by atoms with Crippen molar-refractivity contribution in [2.24, 2.45) is 5.92 Å². The molecule has 4 heterocycles. The van der Waals surface area contributed by atoms with Gasteiger partial charge in [0.05, 0.1) is 11.9 Å². The lowest BCUT2D eigenvalue weighted by molar-refractivity contribution is 0.102. The maximum absolute atomic E-state index is 13.2. The number of pyridine rings is 1. The first kappa shape index (κ1) is 24.8. The molecule has 4 aromatic heterocycles. The maximum atomic E-state index is 13.2. The van der Waals surface area contributed by atoms with Crippen LogP contribution in [0.1, 0.15) is 78.9 Å². The van der Waals surface area contributed by atoms with Crippen LogP contribution < -0.4 is 5.32 Å². The van der Waals surface area contributed by atoms with Crippen LogP contribution >= 0.6 is 0 Å². The average Bonchev–Trinajstić information content (AvgIpc) is 3.51.